The molecule has 0 aromatic heterocycles. The van der Waals surface area contributed by atoms with Crippen LogP contribution in [0.25, 0.3) is 6.08 Å². The van der Waals surface area contributed by atoms with E-state index in [0.29, 0.717) is 11.3 Å². The number of nitrogens with zero attached hydrogens (tertiary/aromatic N) is 1. The lowest BCUT2D eigenvalue weighted by Gasteiger charge is -2.11. The van der Waals surface area contributed by atoms with Gasteiger partial charge in [-0.25, -0.2) is 9.18 Å². The fourth-order valence-electron chi connectivity index (χ4n) is 3.03. The predicted octanol–water partition coefficient (Wildman–Crippen LogP) is 4.73. The third kappa shape index (κ3) is 3.93. The zero-order valence-electron chi connectivity index (χ0n) is 16.4. The van der Waals surface area contributed by atoms with Crippen LogP contribution < -0.4 is 14.4 Å². The Bertz CT molecular complexity index is 1170. The Morgan fingerprint density at radius 2 is 1.80 bits per heavy atom. The second kappa shape index (κ2) is 7.83. The van der Waals surface area contributed by atoms with Gasteiger partial charge in [0.05, 0.1) is 11.1 Å². The van der Waals surface area contributed by atoms with E-state index in [4.69, 9.17) is 9.47 Å². The molecule has 30 heavy (non-hydrogen) atoms. The fourth-order valence-corrected chi connectivity index (χ4v) is 3.03. The topological polar surface area (TPSA) is 55.8 Å². The van der Waals surface area contributed by atoms with Crippen molar-refractivity contribution in [3.05, 3.63) is 95.0 Å². The molecule has 3 aromatic rings. The van der Waals surface area contributed by atoms with Crippen LogP contribution in [-0.4, -0.2) is 25.8 Å². The molecule has 150 valence electrons. The van der Waals surface area contributed by atoms with Gasteiger partial charge < -0.3 is 14.4 Å². The minimum Gasteiger partial charge on any atom is -0.452 e. The summed E-state index contributed by atoms with van der Waals surface area (Å²) in [6, 6.07) is 17.4. The Morgan fingerprint density at radius 1 is 1.03 bits per heavy atom. The summed E-state index contributed by atoms with van der Waals surface area (Å²) < 4.78 is 24.3. The van der Waals surface area contributed by atoms with Crippen LogP contribution in [0.3, 0.4) is 0 Å². The van der Waals surface area contributed by atoms with E-state index in [1.54, 1.807) is 12.1 Å². The van der Waals surface area contributed by atoms with Crippen LogP contribution in [0.15, 0.2) is 72.5 Å². The first kappa shape index (κ1) is 19.4. The molecule has 0 spiro atoms. The fraction of sp³-hybridized carbons (Fsp3) is 0.0833. The molecule has 1 aliphatic rings. The van der Waals surface area contributed by atoms with E-state index in [0.717, 1.165) is 17.3 Å². The third-order valence-electron chi connectivity index (χ3n) is 4.62. The summed E-state index contributed by atoms with van der Waals surface area (Å²) in [6.07, 6.45) is 1.67. The number of carbonyl (C=O) groups is 2. The number of ether oxygens (including phenoxy) is 2. The summed E-state index contributed by atoms with van der Waals surface area (Å²) in [5.74, 6) is -0.773. The van der Waals surface area contributed by atoms with Gasteiger partial charge in [-0.2, -0.15) is 0 Å². The predicted molar refractivity (Wildman–Crippen MR) is 112 cm³/mol. The van der Waals surface area contributed by atoms with Crippen LogP contribution in [0.2, 0.25) is 0 Å². The molecule has 0 fully saturated rings. The van der Waals surface area contributed by atoms with E-state index in [1.807, 2.05) is 43.3 Å². The summed E-state index contributed by atoms with van der Waals surface area (Å²) in [4.78, 5) is 26.8. The maximum Gasteiger partial charge on any atom is 0.343 e. The summed E-state index contributed by atoms with van der Waals surface area (Å²) >= 11 is 0. The van der Waals surface area contributed by atoms with Gasteiger partial charge in [0.2, 0.25) is 5.78 Å². The normalized spacial score (nSPS) is 13.7. The number of esters is 1. The smallest absolute Gasteiger partial charge is 0.343 e. The van der Waals surface area contributed by atoms with Crippen LogP contribution in [0.5, 0.6) is 11.5 Å². The van der Waals surface area contributed by atoms with Crippen LogP contribution in [0.1, 0.15) is 26.3 Å². The summed E-state index contributed by atoms with van der Waals surface area (Å²) in [6.45, 7) is 0. The first-order valence-corrected chi connectivity index (χ1v) is 9.24. The Morgan fingerprint density at radius 3 is 2.50 bits per heavy atom. The Hall–Kier alpha value is -3.93. The van der Waals surface area contributed by atoms with Crippen molar-refractivity contribution in [2.45, 2.75) is 0 Å². The average molecular weight is 403 g/mol. The highest BCUT2D eigenvalue weighted by atomic mass is 19.1. The van der Waals surface area contributed by atoms with E-state index in [9.17, 15) is 14.0 Å². The number of hydrogen-bond donors (Lipinski definition) is 0. The SMILES string of the molecule is CN(C)c1ccc(/C=C2\Oc3cc(OC(=O)c4cccc(F)c4)ccc3C2=O)cc1. The number of halogens is 1. The van der Waals surface area contributed by atoms with Crippen LogP contribution >= 0.6 is 0 Å². The van der Waals surface area contributed by atoms with Gasteiger partial charge in [0.25, 0.3) is 0 Å². The van der Waals surface area contributed by atoms with Gasteiger partial charge in [0, 0.05) is 25.8 Å². The van der Waals surface area contributed by atoms with Gasteiger partial charge in [0.15, 0.2) is 5.76 Å². The summed E-state index contributed by atoms with van der Waals surface area (Å²) in [5, 5.41) is 0. The highest BCUT2D eigenvalue weighted by molar-refractivity contribution is 6.14. The molecule has 0 atom stereocenters. The van der Waals surface area contributed by atoms with E-state index < -0.39 is 11.8 Å². The minimum absolute atomic E-state index is 0.0919. The second-order valence-electron chi connectivity index (χ2n) is 6.98. The molecule has 0 aliphatic carbocycles. The van der Waals surface area contributed by atoms with Gasteiger partial charge >= 0.3 is 5.97 Å². The molecule has 0 saturated carbocycles. The van der Waals surface area contributed by atoms with Crippen LogP contribution in [0, 0.1) is 5.82 Å². The molecular weight excluding hydrogens is 385 g/mol. The standard InChI is InChI=1S/C24H18FNO4/c1-26(2)18-8-6-15(7-9-18)12-22-23(27)20-11-10-19(14-21(20)30-22)29-24(28)16-4-3-5-17(25)13-16/h3-14H,1-2H3/b22-12-. The first-order chi connectivity index (χ1) is 14.4. The molecule has 0 radical (unpaired) electrons. The molecule has 6 heteroatoms. The van der Waals surface area contributed by atoms with Gasteiger partial charge in [-0.3, -0.25) is 4.79 Å². The van der Waals surface area contributed by atoms with Crippen molar-refractivity contribution >= 4 is 23.5 Å². The van der Waals surface area contributed by atoms with Gasteiger partial charge in [-0.15, -0.1) is 0 Å². The number of Topliss-reactive ketones (excluding diaryl/α,β-unsaturated/α-hetero) is 1. The molecular formula is C24H18FNO4. The van der Waals surface area contributed by atoms with Crippen molar-refractivity contribution in [1.82, 2.24) is 0 Å². The van der Waals surface area contributed by atoms with Crippen molar-refractivity contribution in [2.75, 3.05) is 19.0 Å². The summed E-state index contributed by atoms with van der Waals surface area (Å²) in [7, 11) is 3.90. The third-order valence-corrected chi connectivity index (χ3v) is 4.62. The molecule has 0 amide bonds. The maximum atomic E-state index is 13.3. The monoisotopic (exact) mass is 403 g/mol. The molecule has 1 heterocycles. The number of carbonyl (C=O) groups excluding carboxylic acids is 2. The molecule has 0 bridgehead atoms. The lowest BCUT2D eigenvalue weighted by atomic mass is 10.1. The highest BCUT2D eigenvalue weighted by Gasteiger charge is 2.28. The number of fused-ring (bicyclic) bond motifs is 1. The zero-order valence-corrected chi connectivity index (χ0v) is 16.4. The number of anilines is 1. The zero-order chi connectivity index (χ0) is 21.3. The van der Waals surface area contributed by atoms with Crippen molar-refractivity contribution in [3.8, 4) is 11.5 Å². The van der Waals surface area contributed by atoms with Gasteiger partial charge in [-0.05, 0) is 54.1 Å². The Balaban J connectivity index is 1.53. The number of benzene rings is 3. The van der Waals surface area contributed by atoms with Gasteiger partial charge in [-0.1, -0.05) is 18.2 Å². The van der Waals surface area contributed by atoms with Crippen LogP contribution in [0.4, 0.5) is 10.1 Å². The molecule has 3 aromatic carbocycles. The first-order valence-electron chi connectivity index (χ1n) is 9.24. The maximum absolute atomic E-state index is 13.3. The Kier molecular flexibility index (Phi) is 5.06. The van der Waals surface area contributed by atoms with Crippen molar-refractivity contribution in [3.63, 3.8) is 0 Å². The van der Waals surface area contributed by atoms with E-state index in [2.05, 4.69) is 0 Å². The van der Waals surface area contributed by atoms with E-state index in [-0.39, 0.29) is 22.9 Å². The van der Waals surface area contributed by atoms with E-state index >= 15 is 0 Å². The van der Waals surface area contributed by atoms with Crippen LogP contribution in [-0.2, 0) is 0 Å². The minimum atomic E-state index is -0.699. The number of rotatable bonds is 4. The molecule has 5 nitrogen and oxygen atoms in total. The lowest BCUT2D eigenvalue weighted by molar-refractivity contribution is 0.0734. The Labute approximate surface area is 173 Å². The van der Waals surface area contributed by atoms with Crippen molar-refractivity contribution in [1.29, 1.82) is 0 Å². The number of ketones is 1. The molecule has 0 N–H and O–H groups in total. The number of allylic oxidation sites excluding steroid dienone is 1. The quantitative estimate of drug-likeness (QED) is 0.358. The lowest BCUT2D eigenvalue weighted by Crippen LogP contribution is -2.08. The highest BCUT2D eigenvalue weighted by Crippen LogP contribution is 2.35. The van der Waals surface area contributed by atoms with Gasteiger partial charge in [0.1, 0.15) is 17.3 Å². The average Bonchev–Trinajstić information content (AvgIpc) is 3.03. The summed E-state index contributed by atoms with van der Waals surface area (Å²) in [5.41, 5.74) is 2.35. The van der Waals surface area contributed by atoms with Crippen molar-refractivity contribution < 1.29 is 23.5 Å². The second-order valence-corrected chi connectivity index (χ2v) is 6.98. The van der Waals surface area contributed by atoms with Crippen molar-refractivity contribution in [2.24, 2.45) is 0 Å². The number of hydrogen-bond acceptors (Lipinski definition) is 5. The molecule has 0 saturated heterocycles. The molecule has 1 aliphatic heterocycles. The largest absolute Gasteiger partial charge is 0.452 e. The van der Waals surface area contributed by atoms with E-state index in [1.165, 1.54) is 30.3 Å². The molecule has 0 unspecified atom stereocenters. The molecule has 4 rings (SSSR count).